The smallest absolute Gasteiger partial charge is 0.494 e. The number of ether oxygens (including phenoxy) is 4. The van der Waals surface area contributed by atoms with E-state index in [2.05, 4.69) is 0 Å². The van der Waals surface area contributed by atoms with Crippen molar-refractivity contribution >= 4 is 12.6 Å². The Bertz CT molecular complexity index is 890. The minimum Gasteiger partial charge on any atom is -0.496 e. The number of hydrogen-bond acceptors (Lipinski definition) is 6. The lowest BCUT2D eigenvalue weighted by atomic mass is 9.67. The zero-order valence-corrected chi connectivity index (χ0v) is 16.9. The molecular weight excluding hydrogens is 371 g/mol. The van der Waals surface area contributed by atoms with Crippen molar-refractivity contribution in [1.82, 2.24) is 0 Å². The first-order chi connectivity index (χ1) is 14.1. The highest BCUT2D eigenvalue weighted by molar-refractivity contribution is 6.61. The maximum Gasteiger partial charge on any atom is 0.494 e. The summed E-state index contributed by atoms with van der Waals surface area (Å²) in [5, 5.41) is 0. The summed E-state index contributed by atoms with van der Waals surface area (Å²) in [5.41, 5.74) is 2.51. The van der Waals surface area contributed by atoms with Gasteiger partial charge in [-0.15, -0.1) is 0 Å². The second-order valence-electron chi connectivity index (χ2n) is 7.82. The topological polar surface area (TPSA) is 55.4 Å². The highest BCUT2D eigenvalue weighted by atomic mass is 16.7. The average molecular weight is 396 g/mol. The molecule has 4 atom stereocenters. The normalized spacial score (nSPS) is 30.7. The summed E-state index contributed by atoms with van der Waals surface area (Å²) < 4.78 is 36.4. The van der Waals surface area contributed by atoms with Crippen molar-refractivity contribution in [2.24, 2.45) is 0 Å². The van der Waals surface area contributed by atoms with Gasteiger partial charge in [0.25, 0.3) is 0 Å². The van der Waals surface area contributed by atoms with Gasteiger partial charge in [0.05, 0.1) is 32.5 Å². The molecule has 7 heteroatoms. The van der Waals surface area contributed by atoms with E-state index in [1.54, 1.807) is 14.2 Å². The molecule has 2 bridgehead atoms. The van der Waals surface area contributed by atoms with E-state index in [9.17, 15) is 0 Å². The zero-order chi connectivity index (χ0) is 20.0. The van der Waals surface area contributed by atoms with Crippen molar-refractivity contribution in [2.75, 3.05) is 20.8 Å². The largest absolute Gasteiger partial charge is 0.496 e. The van der Waals surface area contributed by atoms with Crippen LogP contribution in [0.4, 0.5) is 0 Å². The van der Waals surface area contributed by atoms with E-state index < -0.39 is 12.7 Å². The summed E-state index contributed by atoms with van der Waals surface area (Å²) >= 11 is 0. The van der Waals surface area contributed by atoms with Crippen LogP contribution in [0.25, 0.3) is 0 Å². The van der Waals surface area contributed by atoms with Crippen LogP contribution >= 0.6 is 0 Å². The van der Waals surface area contributed by atoms with E-state index in [1.165, 1.54) is 0 Å². The Morgan fingerprint density at radius 3 is 2.48 bits per heavy atom. The molecule has 2 aromatic rings. The number of hydrogen-bond donors (Lipinski definition) is 0. The number of benzene rings is 2. The second-order valence-corrected chi connectivity index (χ2v) is 7.82. The SMILES string of the molecule is COc1ccc(OC)c2c1C[C@]1([C@H]3CO[C@@H](C)O3)C[C@H]2OB(c2ccccc2)O1. The molecule has 0 spiro atoms. The van der Waals surface area contributed by atoms with E-state index in [4.69, 9.17) is 28.3 Å². The lowest BCUT2D eigenvalue weighted by molar-refractivity contribution is -0.146. The molecule has 0 amide bonds. The summed E-state index contributed by atoms with van der Waals surface area (Å²) in [5.74, 6) is 1.62. The molecule has 0 saturated carbocycles. The van der Waals surface area contributed by atoms with E-state index >= 15 is 0 Å². The number of methoxy groups -OCH3 is 2. The van der Waals surface area contributed by atoms with Gasteiger partial charge in [-0.25, -0.2) is 0 Å². The van der Waals surface area contributed by atoms with Gasteiger partial charge in [0.15, 0.2) is 6.29 Å². The van der Waals surface area contributed by atoms with Crippen molar-refractivity contribution in [3.8, 4) is 11.5 Å². The van der Waals surface area contributed by atoms with Crippen LogP contribution in [0.1, 0.15) is 30.6 Å². The van der Waals surface area contributed by atoms with Gasteiger partial charge in [0.2, 0.25) is 0 Å². The molecule has 2 heterocycles. The van der Waals surface area contributed by atoms with Crippen molar-refractivity contribution < 1.29 is 28.3 Å². The first kappa shape index (κ1) is 18.9. The van der Waals surface area contributed by atoms with Crippen LogP contribution in [0.15, 0.2) is 42.5 Å². The molecule has 152 valence electrons. The maximum absolute atomic E-state index is 6.67. The van der Waals surface area contributed by atoms with Gasteiger partial charge < -0.3 is 28.3 Å². The third kappa shape index (κ3) is 3.13. The molecule has 0 N–H and O–H groups in total. The second kappa shape index (κ2) is 7.33. The molecule has 2 saturated heterocycles. The molecule has 1 aliphatic carbocycles. The number of fused-ring (bicyclic) bond motifs is 4. The van der Waals surface area contributed by atoms with Crippen LogP contribution in [0.5, 0.6) is 11.5 Å². The average Bonchev–Trinajstić information content (AvgIpc) is 3.20. The monoisotopic (exact) mass is 396 g/mol. The lowest BCUT2D eigenvalue weighted by Crippen LogP contribution is -2.61. The summed E-state index contributed by atoms with van der Waals surface area (Å²) in [6.07, 6.45) is 0.699. The van der Waals surface area contributed by atoms with Gasteiger partial charge in [0.1, 0.15) is 17.6 Å². The fourth-order valence-corrected chi connectivity index (χ4v) is 4.80. The molecule has 2 fully saturated rings. The first-order valence-corrected chi connectivity index (χ1v) is 10.0. The van der Waals surface area contributed by atoms with Gasteiger partial charge in [-0.1, -0.05) is 30.3 Å². The van der Waals surface area contributed by atoms with Crippen molar-refractivity contribution in [3.63, 3.8) is 0 Å². The lowest BCUT2D eigenvalue weighted by Gasteiger charge is -2.50. The van der Waals surface area contributed by atoms with Crippen molar-refractivity contribution in [3.05, 3.63) is 53.6 Å². The highest BCUT2D eigenvalue weighted by Crippen LogP contribution is 2.52. The zero-order valence-electron chi connectivity index (χ0n) is 16.9. The van der Waals surface area contributed by atoms with Crippen LogP contribution in [-0.2, 0) is 25.2 Å². The van der Waals surface area contributed by atoms with E-state index in [-0.39, 0.29) is 18.5 Å². The molecular formula is C22H25BO6. The Kier molecular flexibility index (Phi) is 4.78. The summed E-state index contributed by atoms with van der Waals surface area (Å²) in [7, 11) is 2.89. The van der Waals surface area contributed by atoms with Gasteiger partial charge in [-0.05, 0) is 24.5 Å². The molecule has 0 unspecified atom stereocenters. The Balaban J connectivity index is 1.62. The molecule has 0 radical (unpaired) electrons. The summed E-state index contributed by atoms with van der Waals surface area (Å²) in [6, 6.07) is 13.9. The minimum absolute atomic E-state index is 0.181. The fourth-order valence-electron chi connectivity index (χ4n) is 4.80. The van der Waals surface area contributed by atoms with Crippen LogP contribution in [0, 0.1) is 0 Å². The summed E-state index contributed by atoms with van der Waals surface area (Å²) in [4.78, 5) is 0. The van der Waals surface area contributed by atoms with Crippen LogP contribution in [-0.4, -0.2) is 45.9 Å². The molecule has 6 nitrogen and oxygen atoms in total. The van der Waals surface area contributed by atoms with E-state index in [0.29, 0.717) is 19.4 Å². The third-order valence-electron chi connectivity index (χ3n) is 6.17. The summed E-state index contributed by atoms with van der Waals surface area (Å²) in [6.45, 7) is 2.42. The van der Waals surface area contributed by atoms with Gasteiger partial charge in [-0.3, -0.25) is 0 Å². The van der Waals surface area contributed by atoms with E-state index in [1.807, 2.05) is 49.4 Å². The Labute approximate surface area is 171 Å². The number of rotatable bonds is 4. The minimum atomic E-state index is -0.569. The van der Waals surface area contributed by atoms with Crippen LogP contribution in [0.3, 0.4) is 0 Å². The Morgan fingerprint density at radius 2 is 1.79 bits per heavy atom. The quantitative estimate of drug-likeness (QED) is 0.741. The van der Waals surface area contributed by atoms with Gasteiger partial charge in [0, 0.05) is 24.0 Å². The molecule has 29 heavy (non-hydrogen) atoms. The molecule has 2 aliphatic heterocycles. The van der Waals surface area contributed by atoms with Crippen LogP contribution in [0.2, 0.25) is 0 Å². The predicted molar refractivity (Wildman–Crippen MR) is 108 cm³/mol. The Morgan fingerprint density at radius 1 is 1.03 bits per heavy atom. The standard InChI is InChI=1S/C22H25BO6/c1-14-26-13-20(27-14)22-11-16-17(24-2)9-10-18(25-3)21(16)19(12-22)28-23(29-22)15-7-5-4-6-8-15/h4-10,14,19-20H,11-13H2,1-3H3/t14-,19-,20-,22-/m1/s1. The maximum atomic E-state index is 6.67. The first-order valence-electron chi connectivity index (χ1n) is 10.0. The van der Waals surface area contributed by atoms with E-state index in [0.717, 1.165) is 28.1 Å². The molecule has 3 aliphatic rings. The predicted octanol–water partition coefficient (Wildman–Crippen LogP) is 2.63. The third-order valence-corrected chi connectivity index (χ3v) is 6.17. The fraction of sp³-hybridized carbons (Fsp3) is 0.455. The van der Waals surface area contributed by atoms with Gasteiger partial charge in [-0.2, -0.15) is 0 Å². The highest BCUT2D eigenvalue weighted by Gasteiger charge is 2.56. The van der Waals surface area contributed by atoms with Gasteiger partial charge >= 0.3 is 7.12 Å². The molecule has 0 aromatic heterocycles. The molecule has 2 aromatic carbocycles. The van der Waals surface area contributed by atoms with Crippen molar-refractivity contribution in [2.45, 2.75) is 43.9 Å². The molecule has 5 rings (SSSR count). The van der Waals surface area contributed by atoms with Crippen molar-refractivity contribution in [1.29, 1.82) is 0 Å². The van der Waals surface area contributed by atoms with Crippen LogP contribution < -0.4 is 14.9 Å². The Hall–Kier alpha value is -2.06.